The third-order valence-electron chi connectivity index (χ3n) is 4.65. The first kappa shape index (κ1) is 16.9. The van der Waals surface area contributed by atoms with E-state index in [4.69, 9.17) is 17.3 Å². The second kappa shape index (κ2) is 7.18. The zero-order chi connectivity index (χ0) is 14.0. The van der Waals surface area contributed by atoms with Crippen molar-refractivity contribution in [1.29, 1.82) is 0 Å². The lowest BCUT2D eigenvalue weighted by Crippen LogP contribution is -2.37. The minimum Gasteiger partial charge on any atom is -0.370 e. The first-order valence-electron chi connectivity index (χ1n) is 7.48. The zero-order valence-electron chi connectivity index (χ0n) is 12.1. The van der Waals surface area contributed by atoms with Crippen LogP contribution in [0.15, 0.2) is 29.3 Å². The van der Waals surface area contributed by atoms with Crippen molar-refractivity contribution >= 4 is 41.5 Å². The molecule has 0 saturated heterocycles. The lowest BCUT2D eigenvalue weighted by molar-refractivity contribution is 0.315. The van der Waals surface area contributed by atoms with Crippen LogP contribution in [0.3, 0.4) is 0 Å². The molecule has 1 aromatic carbocycles. The number of rotatable bonds is 5. The van der Waals surface area contributed by atoms with E-state index in [0.717, 1.165) is 36.9 Å². The number of hydrogen-bond donors (Lipinski definition) is 2. The second-order valence-corrected chi connectivity index (χ2v) is 6.55. The first-order chi connectivity index (χ1) is 9.70. The molecule has 0 aliphatic heterocycles. The summed E-state index contributed by atoms with van der Waals surface area (Å²) in [5, 5.41) is 4.09. The highest BCUT2D eigenvalue weighted by atomic mass is 127. The first-order valence-corrected chi connectivity index (χ1v) is 7.86. The van der Waals surface area contributed by atoms with Gasteiger partial charge >= 0.3 is 0 Å². The van der Waals surface area contributed by atoms with Gasteiger partial charge in [-0.3, -0.25) is 4.99 Å². The van der Waals surface area contributed by atoms with Crippen molar-refractivity contribution in [3.8, 4) is 0 Å². The largest absolute Gasteiger partial charge is 0.370 e. The Morgan fingerprint density at radius 1 is 1.33 bits per heavy atom. The molecule has 3 N–H and O–H groups in total. The molecule has 0 heterocycles. The van der Waals surface area contributed by atoms with E-state index in [9.17, 15) is 0 Å². The lowest BCUT2D eigenvalue weighted by Gasteiger charge is -2.25. The molecule has 0 unspecified atom stereocenters. The van der Waals surface area contributed by atoms with Crippen LogP contribution in [0.1, 0.15) is 37.7 Å². The number of nitrogens with two attached hydrogens (primary N) is 1. The Morgan fingerprint density at radius 2 is 2.05 bits per heavy atom. The highest BCUT2D eigenvalue weighted by Crippen LogP contribution is 2.50. The summed E-state index contributed by atoms with van der Waals surface area (Å²) in [4.78, 5) is 4.53. The van der Waals surface area contributed by atoms with E-state index in [1.54, 1.807) is 0 Å². The number of nitrogens with one attached hydrogen (secondary N) is 1. The van der Waals surface area contributed by atoms with E-state index in [2.05, 4.69) is 16.4 Å². The Balaban J connectivity index is 0.00000161. The molecule has 3 rings (SSSR count). The van der Waals surface area contributed by atoms with E-state index >= 15 is 0 Å². The van der Waals surface area contributed by atoms with E-state index in [1.807, 2.05) is 18.2 Å². The topological polar surface area (TPSA) is 50.4 Å². The predicted molar refractivity (Wildman–Crippen MR) is 99.6 cm³/mol. The van der Waals surface area contributed by atoms with Gasteiger partial charge in [0.05, 0.1) is 6.54 Å². The number of aliphatic imine (C=N–C) groups is 1. The van der Waals surface area contributed by atoms with Crippen LogP contribution in [0.5, 0.6) is 0 Å². The molecule has 116 valence electrons. The molecule has 5 heteroatoms. The van der Waals surface area contributed by atoms with Gasteiger partial charge in [0.15, 0.2) is 5.96 Å². The molecule has 2 fully saturated rings. The summed E-state index contributed by atoms with van der Waals surface area (Å²) in [6, 6.07) is 8.09. The van der Waals surface area contributed by atoms with Crippen molar-refractivity contribution in [2.24, 2.45) is 16.6 Å². The van der Waals surface area contributed by atoms with Gasteiger partial charge in [0.2, 0.25) is 0 Å². The smallest absolute Gasteiger partial charge is 0.188 e. The molecule has 0 aromatic heterocycles. The molecule has 0 atom stereocenters. The van der Waals surface area contributed by atoms with Gasteiger partial charge in [-0.2, -0.15) is 0 Å². The number of benzene rings is 1. The molecule has 0 amide bonds. The van der Waals surface area contributed by atoms with Crippen molar-refractivity contribution in [3.63, 3.8) is 0 Å². The van der Waals surface area contributed by atoms with Gasteiger partial charge in [0.1, 0.15) is 0 Å². The van der Waals surface area contributed by atoms with Gasteiger partial charge in [-0.15, -0.1) is 24.0 Å². The van der Waals surface area contributed by atoms with Crippen molar-refractivity contribution in [2.45, 2.75) is 37.5 Å². The molecular weight excluding hydrogens is 397 g/mol. The molecule has 0 spiro atoms. The minimum absolute atomic E-state index is 0. The number of guanidine groups is 1. The lowest BCUT2D eigenvalue weighted by atomic mass is 9.85. The van der Waals surface area contributed by atoms with Crippen LogP contribution in [0.25, 0.3) is 0 Å². The third-order valence-corrected chi connectivity index (χ3v) is 4.98. The van der Waals surface area contributed by atoms with E-state index < -0.39 is 0 Å². The summed E-state index contributed by atoms with van der Waals surface area (Å²) >= 11 is 6.30. The third kappa shape index (κ3) is 4.03. The summed E-state index contributed by atoms with van der Waals surface area (Å²) in [5.41, 5.74) is 7.30. The maximum absolute atomic E-state index is 6.30. The Kier molecular flexibility index (Phi) is 5.77. The Hall–Kier alpha value is -0.490. The molecule has 2 aliphatic rings. The molecule has 1 aromatic rings. The van der Waals surface area contributed by atoms with Crippen LogP contribution in [-0.4, -0.2) is 19.0 Å². The second-order valence-electron chi connectivity index (χ2n) is 6.14. The quantitative estimate of drug-likeness (QED) is 0.434. The number of hydrogen-bond acceptors (Lipinski definition) is 1. The van der Waals surface area contributed by atoms with E-state index in [-0.39, 0.29) is 29.4 Å². The number of nitrogens with zero attached hydrogens (tertiary/aromatic N) is 1. The minimum atomic E-state index is 0. The molecule has 2 saturated carbocycles. The van der Waals surface area contributed by atoms with Crippen LogP contribution >= 0.6 is 35.6 Å². The molecule has 0 bridgehead atoms. The summed E-state index contributed by atoms with van der Waals surface area (Å²) < 4.78 is 0. The van der Waals surface area contributed by atoms with Crippen molar-refractivity contribution in [2.75, 3.05) is 13.1 Å². The maximum atomic E-state index is 6.30. The fourth-order valence-corrected chi connectivity index (χ4v) is 3.13. The molecular formula is C16H23ClIN3. The summed E-state index contributed by atoms with van der Waals surface area (Å²) in [5.74, 6) is 1.37. The molecule has 2 aliphatic carbocycles. The van der Waals surface area contributed by atoms with Gasteiger partial charge < -0.3 is 11.1 Å². The fraction of sp³-hybridized carbons (Fsp3) is 0.562. The highest BCUT2D eigenvalue weighted by molar-refractivity contribution is 14.0. The van der Waals surface area contributed by atoms with Crippen LogP contribution < -0.4 is 11.1 Å². The monoisotopic (exact) mass is 419 g/mol. The molecule has 21 heavy (non-hydrogen) atoms. The average Bonchev–Trinajstić information content (AvgIpc) is 3.16. The van der Waals surface area contributed by atoms with E-state index in [0.29, 0.717) is 5.96 Å². The van der Waals surface area contributed by atoms with Crippen LogP contribution in [0, 0.1) is 5.92 Å². The standard InChI is InChI=1S/C16H22ClN3.HI/c17-14-7-2-1-6-13(14)16(8-9-16)11-20-15(18)19-10-12-4-3-5-12;/h1-2,6-7,12H,3-5,8-11H2,(H3,18,19,20);1H. The van der Waals surface area contributed by atoms with Crippen LogP contribution in [0.2, 0.25) is 5.02 Å². The van der Waals surface area contributed by atoms with Gasteiger partial charge in [-0.25, -0.2) is 0 Å². The Morgan fingerprint density at radius 3 is 2.62 bits per heavy atom. The normalized spacial score (nSPS) is 20.3. The Bertz CT molecular complexity index is 510. The summed E-state index contributed by atoms with van der Waals surface area (Å²) in [6.45, 7) is 1.70. The van der Waals surface area contributed by atoms with Crippen molar-refractivity contribution in [3.05, 3.63) is 34.9 Å². The van der Waals surface area contributed by atoms with Gasteiger partial charge in [-0.1, -0.05) is 36.2 Å². The summed E-state index contributed by atoms with van der Waals surface area (Å²) in [7, 11) is 0. The van der Waals surface area contributed by atoms with Gasteiger partial charge in [0, 0.05) is 17.0 Å². The van der Waals surface area contributed by atoms with Gasteiger partial charge in [-0.05, 0) is 43.2 Å². The van der Waals surface area contributed by atoms with Crippen LogP contribution in [0.4, 0.5) is 0 Å². The summed E-state index contributed by atoms with van der Waals surface area (Å²) in [6.07, 6.45) is 6.30. The van der Waals surface area contributed by atoms with Crippen LogP contribution in [-0.2, 0) is 5.41 Å². The van der Waals surface area contributed by atoms with Crippen molar-refractivity contribution in [1.82, 2.24) is 5.32 Å². The predicted octanol–water partition coefficient (Wildman–Crippen LogP) is 3.69. The zero-order valence-corrected chi connectivity index (χ0v) is 15.2. The molecule has 3 nitrogen and oxygen atoms in total. The maximum Gasteiger partial charge on any atom is 0.188 e. The van der Waals surface area contributed by atoms with Crippen molar-refractivity contribution < 1.29 is 0 Å². The highest BCUT2D eigenvalue weighted by Gasteiger charge is 2.45. The molecule has 0 radical (unpaired) electrons. The fourth-order valence-electron chi connectivity index (χ4n) is 2.79. The number of halogens is 2. The van der Waals surface area contributed by atoms with Gasteiger partial charge in [0.25, 0.3) is 0 Å². The SMILES string of the molecule is I.NC(=NCC1(c2ccccc2Cl)CC1)NCC1CCC1. The van der Waals surface area contributed by atoms with E-state index in [1.165, 1.54) is 24.8 Å². The average molecular weight is 420 g/mol. The Labute approximate surface area is 148 Å².